The predicted molar refractivity (Wildman–Crippen MR) is 92.6 cm³/mol. The van der Waals surface area contributed by atoms with Crippen LogP contribution >= 0.6 is 11.3 Å². The molecule has 23 heavy (non-hydrogen) atoms. The summed E-state index contributed by atoms with van der Waals surface area (Å²) < 4.78 is 0. The van der Waals surface area contributed by atoms with Gasteiger partial charge in [0.1, 0.15) is 0 Å². The molecular formula is C17H27N3O2S. The van der Waals surface area contributed by atoms with Gasteiger partial charge in [-0.05, 0) is 37.3 Å². The average molecular weight is 337 g/mol. The molecule has 6 heteroatoms. The van der Waals surface area contributed by atoms with Crippen molar-refractivity contribution in [2.75, 3.05) is 39.3 Å². The molecule has 1 N–H and O–H groups in total. The Labute approximate surface area is 142 Å². The second-order valence-electron chi connectivity index (χ2n) is 6.86. The van der Waals surface area contributed by atoms with Gasteiger partial charge in [-0.2, -0.15) is 0 Å². The number of β-amino-alcohol motifs (C(OH)–C–C–N with tert-alkyl or cyclic N) is 1. The van der Waals surface area contributed by atoms with Crippen LogP contribution in [0.2, 0.25) is 0 Å². The molecule has 128 valence electrons. The van der Waals surface area contributed by atoms with E-state index in [2.05, 4.69) is 28.2 Å². The Bertz CT molecular complexity index is 546. The van der Waals surface area contributed by atoms with Crippen LogP contribution in [0, 0.1) is 0 Å². The molecule has 0 aliphatic carbocycles. The molecule has 2 atom stereocenters. The van der Waals surface area contributed by atoms with Gasteiger partial charge in [-0.25, -0.2) is 0 Å². The second kappa shape index (κ2) is 7.30. The standard InChI is InChI=1S/C17H27N3O2S/c1-13-9-18(6-7-19(13)10-14(2)21)12-17(22)20-5-3-16-15(11-20)4-8-23-16/h4,8,13-14,21H,3,5-7,9-12H2,1-2H3/t13-,14-/m0/s1. The van der Waals surface area contributed by atoms with E-state index in [1.54, 1.807) is 11.3 Å². The Kier molecular flexibility index (Phi) is 5.36. The number of thiophene rings is 1. The van der Waals surface area contributed by atoms with Crippen molar-refractivity contribution < 1.29 is 9.90 Å². The lowest BCUT2D eigenvalue weighted by atomic mass is 10.1. The number of aliphatic hydroxyl groups is 1. The fraction of sp³-hybridized carbons (Fsp3) is 0.706. The molecule has 0 bridgehead atoms. The van der Waals surface area contributed by atoms with Crippen LogP contribution in [0.5, 0.6) is 0 Å². The molecule has 0 saturated carbocycles. The van der Waals surface area contributed by atoms with E-state index in [0.717, 1.165) is 45.7 Å². The monoisotopic (exact) mass is 337 g/mol. The number of fused-ring (bicyclic) bond motifs is 1. The smallest absolute Gasteiger partial charge is 0.237 e. The highest BCUT2D eigenvalue weighted by Gasteiger charge is 2.28. The molecule has 1 aromatic rings. The van der Waals surface area contributed by atoms with Crippen molar-refractivity contribution in [2.24, 2.45) is 0 Å². The summed E-state index contributed by atoms with van der Waals surface area (Å²) in [5.74, 6) is 0.248. The van der Waals surface area contributed by atoms with Gasteiger partial charge < -0.3 is 10.0 Å². The molecule has 2 aliphatic rings. The Morgan fingerprint density at radius 2 is 2.26 bits per heavy atom. The molecule has 0 unspecified atom stereocenters. The van der Waals surface area contributed by atoms with Gasteiger partial charge in [-0.15, -0.1) is 11.3 Å². The predicted octanol–water partition coefficient (Wildman–Crippen LogP) is 1.02. The van der Waals surface area contributed by atoms with Gasteiger partial charge >= 0.3 is 0 Å². The number of hydrogen-bond donors (Lipinski definition) is 1. The topological polar surface area (TPSA) is 47.0 Å². The number of amides is 1. The van der Waals surface area contributed by atoms with Gasteiger partial charge in [0, 0.05) is 50.2 Å². The van der Waals surface area contributed by atoms with Crippen molar-refractivity contribution in [1.82, 2.24) is 14.7 Å². The zero-order valence-corrected chi connectivity index (χ0v) is 14.9. The minimum Gasteiger partial charge on any atom is -0.392 e. The zero-order valence-electron chi connectivity index (χ0n) is 14.1. The van der Waals surface area contributed by atoms with Crippen LogP contribution < -0.4 is 0 Å². The molecule has 0 aromatic carbocycles. The summed E-state index contributed by atoms with van der Waals surface area (Å²) in [5, 5.41) is 11.7. The summed E-state index contributed by atoms with van der Waals surface area (Å²) in [6, 6.07) is 2.53. The first-order valence-electron chi connectivity index (χ1n) is 8.50. The molecule has 1 fully saturated rings. The first kappa shape index (κ1) is 16.9. The van der Waals surface area contributed by atoms with Crippen molar-refractivity contribution in [1.29, 1.82) is 0 Å². The van der Waals surface area contributed by atoms with E-state index in [9.17, 15) is 9.90 Å². The van der Waals surface area contributed by atoms with E-state index in [1.165, 1.54) is 10.4 Å². The largest absolute Gasteiger partial charge is 0.392 e. The van der Waals surface area contributed by atoms with Gasteiger partial charge in [-0.3, -0.25) is 14.6 Å². The fourth-order valence-electron chi connectivity index (χ4n) is 3.58. The Balaban J connectivity index is 1.50. The SMILES string of the molecule is C[C@H](O)CN1CCN(CC(=O)N2CCc3sccc3C2)C[C@@H]1C. The maximum absolute atomic E-state index is 12.6. The maximum atomic E-state index is 12.6. The molecule has 1 aromatic heterocycles. The zero-order chi connectivity index (χ0) is 16.4. The van der Waals surface area contributed by atoms with Gasteiger partial charge in [0.25, 0.3) is 0 Å². The van der Waals surface area contributed by atoms with Gasteiger partial charge in [0.2, 0.25) is 5.91 Å². The quantitative estimate of drug-likeness (QED) is 0.891. The third-order valence-electron chi connectivity index (χ3n) is 4.87. The van der Waals surface area contributed by atoms with E-state index in [1.807, 2.05) is 11.8 Å². The summed E-state index contributed by atoms with van der Waals surface area (Å²) in [5.41, 5.74) is 1.32. The van der Waals surface area contributed by atoms with Crippen molar-refractivity contribution in [3.8, 4) is 0 Å². The third kappa shape index (κ3) is 4.12. The molecule has 3 heterocycles. The number of carbonyl (C=O) groups excluding carboxylic acids is 1. The second-order valence-corrected chi connectivity index (χ2v) is 7.86. The lowest BCUT2D eigenvalue weighted by Gasteiger charge is -2.40. The van der Waals surface area contributed by atoms with E-state index in [0.29, 0.717) is 12.6 Å². The summed E-state index contributed by atoms with van der Waals surface area (Å²) in [6.45, 7) is 9.60. The summed E-state index contributed by atoms with van der Waals surface area (Å²) in [6.07, 6.45) is 0.705. The third-order valence-corrected chi connectivity index (χ3v) is 5.89. The maximum Gasteiger partial charge on any atom is 0.237 e. The normalized spacial score (nSPS) is 24.5. The highest BCUT2D eigenvalue weighted by molar-refractivity contribution is 7.10. The Morgan fingerprint density at radius 1 is 1.43 bits per heavy atom. The molecule has 0 spiro atoms. The van der Waals surface area contributed by atoms with Gasteiger partial charge in [-0.1, -0.05) is 0 Å². The van der Waals surface area contributed by atoms with E-state index < -0.39 is 0 Å². The van der Waals surface area contributed by atoms with Crippen molar-refractivity contribution >= 4 is 17.2 Å². The first-order chi connectivity index (χ1) is 11.0. The minimum absolute atomic E-state index is 0.248. The molecular weight excluding hydrogens is 310 g/mol. The summed E-state index contributed by atoms with van der Waals surface area (Å²) in [4.78, 5) is 20.6. The number of piperazine rings is 1. The van der Waals surface area contributed by atoms with Crippen molar-refractivity contribution in [3.63, 3.8) is 0 Å². The highest BCUT2D eigenvalue weighted by Crippen LogP contribution is 2.24. The minimum atomic E-state index is -0.293. The Morgan fingerprint density at radius 3 is 3.00 bits per heavy atom. The van der Waals surface area contributed by atoms with Crippen LogP contribution in [-0.2, 0) is 17.8 Å². The molecule has 0 radical (unpaired) electrons. The van der Waals surface area contributed by atoms with E-state index >= 15 is 0 Å². The average Bonchev–Trinajstić information content (AvgIpc) is 2.97. The molecule has 1 amide bonds. The lowest BCUT2D eigenvalue weighted by Crippen LogP contribution is -2.55. The van der Waals surface area contributed by atoms with E-state index in [4.69, 9.17) is 0 Å². The number of aliphatic hydroxyl groups excluding tert-OH is 1. The van der Waals surface area contributed by atoms with Gasteiger partial charge in [0.05, 0.1) is 12.6 Å². The van der Waals surface area contributed by atoms with Crippen molar-refractivity contribution in [2.45, 2.75) is 39.0 Å². The molecule has 2 aliphatic heterocycles. The van der Waals surface area contributed by atoms with Crippen LogP contribution in [-0.4, -0.2) is 77.1 Å². The van der Waals surface area contributed by atoms with Gasteiger partial charge in [0.15, 0.2) is 0 Å². The van der Waals surface area contributed by atoms with Crippen LogP contribution in [0.15, 0.2) is 11.4 Å². The van der Waals surface area contributed by atoms with Crippen LogP contribution in [0.25, 0.3) is 0 Å². The van der Waals surface area contributed by atoms with Crippen LogP contribution in [0.1, 0.15) is 24.3 Å². The number of hydrogen-bond acceptors (Lipinski definition) is 5. The van der Waals surface area contributed by atoms with Crippen LogP contribution in [0.3, 0.4) is 0 Å². The number of rotatable bonds is 4. The lowest BCUT2D eigenvalue weighted by molar-refractivity contribution is -0.134. The number of carbonyl (C=O) groups is 1. The van der Waals surface area contributed by atoms with Crippen molar-refractivity contribution in [3.05, 3.63) is 21.9 Å². The molecule has 3 rings (SSSR count). The summed E-state index contributed by atoms with van der Waals surface area (Å²) >= 11 is 1.81. The fourth-order valence-corrected chi connectivity index (χ4v) is 4.47. The van der Waals surface area contributed by atoms with Crippen LogP contribution in [0.4, 0.5) is 0 Å². The number of nitrogens with zero attached hydrogens (tertiary/aromatic N) is 3. The summed E-state index contributed by atoms with van der Waals surface area (Å²) in [7, 11) is 0. The highest BCUT2D eigenvalue weighted by atomic mass is 32.1. The van der Waals surface area contributed by atoms with E-state index in [-0.39, 0.29) is 12.0 Å². The first-order valence-corrected chi connectivity index (χ1v) is 9.38. The Hall–Kier alpha value is -0.950. The molecule has 5 nitrogen and oxygen atoms in total. The molecule has 1 saturated heterocycles.